The summed E-state index contributed by atoms with van der Waals surface area (Å²) in [6.45, 7) is 3.87. The molecule has 0 aromatic heterocycles. The third-order valence-corrected chi connectivity index (χ3v) is 7.47. The molecule has 0 radical (unpaired) electrons. The summed E-state index contributed by atoms with van der Waals surface area (Å²) in [6, 6.07) is 24.0. The standard InChI is InChI=1S/C26H28N2O3S/c1-19(13-14-21-9-5-3-6-10-21)27-32(30,31)24-15-16-25-23(18-24)17-20(2)28(25)26(29)22-11-7-4-8-12-22/h3-12,15-16,18-20,27H,13-14,17H2,1-2H3/t19-,20-/m1/s1. The van der Waals surface area contributed by atoms with E-state index in [1.807, 2.05) is 62.4 Å². The van der Waals surface area contributed by atoms with Crippen LogP contribution < -0.4 is 9.62 Å². The largest absolute Gasteiger partial charge is 0.305 e. The predicted molar refractivity (Wildman–Crippen MR) is 127 cm³/mol. The lowest BCUT2D eigenvalue weighted by Gasteiger charge is -2.23. The number of nitrogens with one attached hydrogen (secondary N) is 1. The summed E-state index contributed by atoms with van der Waals surface area (Å²) in [6.07, 6.45) is 2.15. The van der Waals surface area contributed by atoms with Crippen LogP contribution in [0.15, 0.2) is 83.8 Å². The third kappa shape index (κ3) is 4.76. The van der Waals surface area contributed by atoms with Gasteiger partial charge in [0.05, 0.1) is 4.90 Å². The summed E-state index contributed by atoms with van der Waals surface area (Å²) in [5, 5.41) is 0. The van der Waals surface area contributed by atoms with Gasteiger partial charge in [-0.15, -0.1) is 0 Å². The van der Waals surface area contributed by atoms with E-state index in [-0.39, 0.29) is 22.9 Å². The van der Waals surface area contributed by atoms with Gasteiger partial charge in [0, 0.05) is 23.3 Å². The van der Waals surface area contributed by atoms with Crippen LogP contribution in [0.2, 0.25) is 0 Å². The van der Waals surface area contributed by atoms with E-state index in [1.54, 1.807) is 35.2 Å². The highest BCUT2D eigenvalue weighted by molar-refractivity contribution is 7.89. The molecule has 0 fully saturated rings. The number of benzene rings is 3. The maximum atomic E-state index is 13.0. The lowest BCUT2D eigenvalue weighted by molar-refractivity contribution is 0.0981. The van der Waals surface area contributed by atoms with Crippen molar-refractivity contribution < 1.29 is 13.2 Å². The zero-order valence-electron chi connectivity index (χ0n) is 18.4. The molecule has 5 nitrogen and oxygen atoms in total. The number of nitrogens with zero attached hydrogens (tertiary/aromatic N) is 1. The van der Waals surface area contributed by atoms with Crippen molar-refractivity contribution in [3.8, 4) is 0 Å². The molecule has 1 heterocycles. The molecule has 3 aromatic rings. The molecule has 4 rings (SSSR count). The van der Waals surface area contributed by atoms with Crippen LogP contribution in [0.3, 0.4) is 0 Å². The second kappa shape index (κ2) is 9.27. The van der Waals surface area contributed by atoms with Crippen molar-refractivity contribution in [1.29, 1.82) is 0 Å². The molecule has 6 heteroatoms. The number of hydrogen-bond acceptors (Lipinski definition) is 3. The van der Waals surface area contributed by atoms with E-state index in [2.05, 4.69) is 4.72 Å². The maximum absolute atomic E-state index is 13.0. The van der Waals surface area contributed by atoms with Gasteiger partial charge in [0.1, 0.15) is 0 Å². The van der Waals surface area contributed by atoms with Gasteiger partial charge in [-0.1, -0.05) is 48.5 Å². The van der Waals surface area contributed by atoms with Crippen LogP contribution in [-0.2, 0) is 22.9 Å². The SMILES string of the molecule is C[C@H](CCc1ccccc1)NS(=O)(=O)c1ccc2c(c1)C[C@@H](C)N2C(=O)c1ccccc1. The Hall–Kier alpha value is -2.96. The smallest absolute Gasteiger partial charge is 0.258 e. The molecule has 0 saturated carbocycles. The molecule has 0 spiro atoms. The summed E-state index contributed by atoms with van der Waals surface area (Å²) in [5.74, 6) is -0.0693. The van der Waals surface area contributed by atoms with Gasteiger partial charge in [-0.05, 0) is 74.6 Å². The van der Waals surface area contributed by atoms with Gasteiger partial charge >= 0.3 is 0 Å². The van der Waals surface area contributed by atoms with Crippen LogP contribution in [0, 0.1) is 0 Å². The molecule has 0 aliphatic carbocycles. The predicted octanol–water partition coefficient (Wildman–Crippen LogP) is 4.58. The minimum Gasteiger partial charge on any atom is -0.305 e. The number of aryl methyl sites for hydroxylation is 1. The zero-order chi connectivity index (χ0) is 22.7. The summed E-state index contributed by atoms with van der Waals surface area (Å²) in [4.78, 5) is 15.0. The Labute approximate surface area is 190 Å². The van der Waals surface area contributed by atoms with E-state index in [0.29, 0.717) is 18.4 Å². The molecule has 2 atom stereocenters. The van der Waals surface area contributed by atoms with Gasteiger partial charge in [0.25, 0.3) is 5.91 Å². The summed E-state index contributed by atoms with van der Waals surface area (Å²) < 4.78 is 28.8. The Balaban J connectivity index is 1.48. The molecule has 3 aromatic carbocycles. The average Bonchev–Trinajstić information content (AvgIpc) is 3.13. The minimum atomic E-state index is -3.65. The van der Waals surface area contributed by atoms with Gasteiger partial charge < -0.3 is 4.90 Å². The van der Waals surface area contributed by atoms with Crippen LogP contribution in [0.4, 0.5) is 5.69 Å². The zero-order valence-corrected chi connectivity index (χ0v) is 19.2. The van der Waals surface area contributed by atoms with Crippen molar-refractivity contribution in [2.45, 2.75) is 50.1 Å². The maximum Gasteiger partial charge on any atom is 0.258 e. The molecule has 1 aliphatic rings. The fourth-order valence-corrected chi connectivity index (χ4v) is 5.55. The van der Waals surface area contributed by atoms with E-state index in [9.17, 15) is 13.2 Å². The molecule has 0 bridgehead atoms. The van der Waals surface area contributed by atoms with E-state index >= 15 is 0 Å². The topological polar surface area (TPSA) is 66.5 Å². The third-order valence-electron chi connectivity index (χ3n) is 5.88. The van der Waals surface area contributed by atoms with Gasteiger partial charge in [-0.25, -0.2) is 13.1 Å². The number of rotatable bonds is 7. The lowest BCUT2D eigenvalue weighted by Crippen LogP contribution is -2.35. The highest BCUT2D eigenvalue weighted by Crippen LogP contribution is 2.35. The van der Waals surface area contributed by atoms with Crippen molar-refractivity contribution in [1.82, 2.24) is 4.72 Å². The molecule has 0 unspecified atom stereocenters. The molecule has 32 heavy (non-hydrogen) atoms. The first-order valence-electron chi connectivity index (χ1n) is 10.9. The number of carbonyl (C=O) groups is 1. The fraction of sp³-hybridized carbons (Fsp3) is 0.269. The minimum absolute atomic E-state index is 0.0339. The van der Waals surface area contributed by atoms with Gasteiger partial charge in [0.2, 0.25) is 10.0 Å². The first-order chi connectivity index (χ1) is 15.3. The van der Waals surface area contributed by atoms with Crippen molar-refractivity contribution in [2.24, 2.45) is 0 Å². The summed E-state index contributed by atoms with van der Waals surface area (Å²) in [5.41, 5.74) is 3.47. The molecule has 1 aliphatic heterocycles. The first-order valence-corrected chi connectivity index (χ1v) is 12.4. The molecule has 166 valence electrons. The van der Waals surface area contributed by atoms with Crippen molar-refractivity contribution >= 4 is 21.6 Å². The highest BCUT2D eigenvalue weighted by atomic mass is 32.2. The summed E-state index contributed by atoms with van der Waals surface area (Å²) in [7, 11) is -3.65. The second-order valence-corrected chi connectivity index (χ2v) is 10.1. The quantitative estimate of drug-likeness (QED) is 0.575. The molecular formula is C26H28N2O3S. The fourth-order valence-electron chi connectivity index (χ4n) is 4.22. The van der Waals surface area contributed by atoms with Crippen LogP contribution in [-0.4, -0.2) is 26.4 Å². The Morgan fingerprint density at radius 2 is 1.69 bits per heavy atom. The number of sulfonamides is 1. The Bertz CT molecular complexity index is 1190. The van der Waals surface area contributed by atoms with Crippen LogP contribution in [0.5, 0.6) is 0 Å². The van der Waals surface area contributed by atoms with E-state index < -0.39 is 10.0 Å². The van der Waals surface area contributed by atoms with Gasteiger partial charge in [-0.2, -0.15) is 0 Å². The van der Waals surface area contributed by atoms with Crippen LogP contribution in [0.25, 0.3) is 0 Å². The number of amides is 1. The molecule has 1 amide bonds. The van der Waals surface area contributed by atoms with Gasteiger partial charge in [0.15, 0.2) is 0 Å². The van der Waals surface area contributed by atoms with Crippen molar-refractivity contribution in [2.75, 3.05) is 4.90 Å². The normalized spacial score (nSPS) is 16.6. The van der Waals surface area contributed by atoms with Crippen molar-refractivity contribution in [3.63, 3.8) is 0 Å². The highest BCUT2D eigenvalue weighted by Gasteiger charge is 2.32. The van der Waals surface area contributed by atoms with E-state index in [4.69, 9.17) is 0 Å². The number of carbonyl (C=O) groups excluding carboxylic acids is 1. The van der Waals surface area contributed by atoms with Gasteiger partial charge in [-0.3, -0.25) is 4.79 Å². The number of anilines is 1. The molecule has 0 saturated heterocycles. The van der Waals surface area contributed by atoms with E-state index in [0.717, 1.165) is 17.7 Å². The average molecular weight is 449 g/mol. The van der Waals surface area contributed by atoms with Crippen LogP contribution in [0.1, 0.15) is 41.8 Å². The monoisotopic (exact) mass is 448 g/mol. The van der Waals surface area contributed by atoms with Crippen molar-refractivity contribution in [3.05, 3.63) is 95.6 Å². The Morgan fingerprint density at radius 3 is 2.38 bits per heavy atom. The first kappa shape index (κ1) is 22.2. The summed E-state index contributed by atoms with van der Waals surface area (Å²) >= 11 is 0. The second-order valence-electron chi connectivity index (χ2n) is 8.43. The number of hydrogen-bond donors (Lipinski definition) is 1. The Kier molecular flexibility index (Phi) is 6.44. The van der Waals surface area contributed by atoms with E-state index in [1.165, 1.54) is 5.56 Å². The lowest BCUT2D eigenvalue weighted by atomic mass is 10.1. The molecular weight excluding hydrogens is 420 g/mol. The molecule has 1 N–H and O–H groups in total. The number of fused-ring (bicyclic) bond motifs is 1. The van der Waals surface area contributed by atoms with Crippen LogP contribution >= 0.6 is 0 Å². The Morgan fingerprint density at radius 1 is 1.03 bits per heavy atom.